The van der Waals surface area contributed by atoms with Crippen molar-refractivity contribution < 1.29 is 9.84 Å². The molecule has 4 heterocycles. The smallest absolute Gasteiger partial charge is 0.147 e. The van der Waals surface area contributed by atoms with Crippen LogP contribution in [0, 0.1) is 22.7 Å². The summed E-state index contributed by atoms with van der Waals surface area (Å²) in [5.74, 6) is 2.23. The number of hydrogen-bond acceptors (Lipinski definition) is 8. The minimum Gasteiger partial charge on any atom is -0.489 e. The summed E-state index contributed by atoms with van der Waals surface area (Å²) in [4.78, 5) is 11.9. The van der Waals surface area contributed by atoms with Gasteiger partial charge in [-0.1, -0.05) is 0 Å². The molecule has 3 aliphatic carbocycles. The Balaban J connectivity index is 1.23. The molecule has 3 aromatic heterocycles. The van der Waals surface area contributed by atoms with Crippen LogP contribution in [-0.2, 0) is 0 Å². The Morgan fingerprint density at radius 1 is 1.27 bits per heavy atom. The summed E-state index contributed by atoms with van der Waals surface area (Å²) in [6.07, 6.45) is 10.3. The van der Waals surface area contributed by atoms with Crippen molar-refractivity contribution in [2.75, 3.05) is 11.5 Å². The van der Waals surface area contributed by atoms with Gasteiger partial charge in [0.25, 0.3) is 0 Å². The zero-order valence-corrected chi connectivity index (χ0v) is 18.6. The molecule has 0 bridgehead atoms. The summed E-state index contributed by atoms with van der Waals surface area (Å²) in [5.41, 5.74) is 8.50. The van der Waals surface area contributed by atoms with E-state index in [1.807, 2.05) is 12.3 Å². The SMILES string of the molecule is CC(C)(O)COc1cc(-c2cnc(N3C4CC5CC6(N)CC3C546)cn2)c2c(C#N)cnn2c1. The van der Waals surface area contributed by atoms with Crippen molar-refractivity contribution in [3.63, 3.8) is 0 Å². The Morgan fingerprint density at radius 2 is 2.12 bits per heavy atom. The number of aliphatic hydroxyl groups is 1. The highest BCUT2D eigenvalue weighted by Crippen LogP contribution is 2.83. The fourth-order valence-electron chi connectivity index (χ4n) is 7.15. The second-order valence-corrected chi connectivity index (χ2v) is 10.8. The second-order valence-electron chi connectivity index (χ2n) is 10.8. The zero-order chi connectivity index (χ0) is 22.8. The number of fused-ring (bicyclic) bond motifs is 1. The molecule has 7 rings (SSSR count). The molecule has 0 amide bonds. The third-order valence-electron chi connectivity index (χ3n) is 8.47. The lowest BCUT2D eigenvalue weighted by Crippen LogP contribution is -3.02. The van der Waals surface area contributed by atoms with Crippen molar-refractivity contribution in [1.29, 1.82) is 5.26 Å². The van der Waals surface area contributed by atoms with Gasteiger partial charge in [-0.3, -0.25) is 4.98 Å². The molecule has 168 valence electrons. The van der Waals surface area contributed by atoms with Crippen molar-refractivity contribution in [1.82, 2.24) is 19.6 Å². The highest BCUT2D eigenvalue weighted by Gasteiger charge is 2.90. The van der Waals surface area contributed by atoms with Crippen LogP contribution in [0.2, 0.25) is 0 Å². The number of nitrogens with two attached hydrogens (primary N) is 1. The zero-order valence-electron chi connectivity index (χ0n) is 18.6. The Kier molecular flexibility index (Phi) is 3.40. The maximum atomic E-state index is 10.0. The lowest BCUT2D eigenvalue weighted by Gasteiger charge is -2.92. The number of ether oxygens (including phenoxy) is 1. The van der Waals surface area contributed by atoms with Gasteiger partial charge in [0.2, 0.25) is 0 Å². The van der Waals surface area contributed by atoms with E-state index in [2.05, 4.69) is 16.1 Å². The van der Waals surface area contributed by atoms with Crippen LogP contribution in [0.5, 0.6) is 5.75 Å². The van der Waals surface area contributed by atoms with E-state index in [0.29, 0.717) is 45.6 Å². The van der Waals surface area contributed by atoms with Crippen molar-refractivity contribution in [2.45, 2.75) is 56.3 Å². The highest BCUT2D eigenvalue weighted by molar-refractivity contribution is 5.83. The molecule has 5 unspecified atom stereocenters. The topological polar surface area (TPSA) is 126 Å². The molecule has 9 nitrogen and oxygen atoms in total. The molecular weight excluding hydrogens is 418 g/mol. The first-order chi connectivity index (χ1) is 15.7. The number of nitrogens with zero attached hydrogens (tertiary/aromatic N) is 6. The Labute approximate surface area is 190 Å². The minimum absolute atomic E-state index is 0.0694. The molecule has 33 heavy (non-hydrogen) atoms. The summed E-state index contributed by atoms with van der Waals surface area (Å²) >= 11 is 0. The van der Waals surface area contributed by atoms with Crippen LogP contribution in [-0.4, -0.2) is 54.5 Å². The molecule has 1 saturated heterocycles. The van der Waals surface area contributed by atoms with Crippen molar-refractivity contribution in [2.24, 2.45) is 17.1 Å². The molecule has 4 fully saturated rings. The van der Waals surface area contributed by atoms with E-state index in [1.54, 1.807) is 30.8 Å². The minimum atomic E-state index is -0.975. The van der Waals surface area contributed by atoms with E-state index < -0.39 is 5.60 Å². The second kappa shape index (κ2) is 5.82. The van der Waals surface area contributed by atoms with Crippen molar-refractivity contribution in [3.8, 4) is 23.1 Å². The maximum absolute atomic E-state index is 10.0. The standard InChI is InChI=1S/C24H25N7O2/c1-22(2,32)12-33-15-4-16(21-13(7-25)8-29-30(21)11-15)17-9-28-20(10-27-17)31-18-3-14-5-23(26)6-19(31)24(14,18)23/h4,8-11,14,18-19,32H,3,5-6,12,26H2,1-2H3. The molecule has 1 aliphatic heterocycles. The number of anilines is 1. The third-order valence-corrected chi connectivity index (χ3v) is 8.47. The van der Waals surface area contributed by atoms with E-state index in [-0.39, 0.29) is 12.1 Å². The number of pyridine rings is 1. The van der Waals surface area contributed by atoms with Crippen LogP contribution in [0.3, 0.4) is 0 Å². The number of aromatic nitrogens is 4. The van der Waals surface area contributed by atoms with E-state index in [9.17, 15) is 10.4 Å². The van der Waals surface area contributed by atoms with E-state index in [0.717, 1.165) is 18.2 Å². The molecular formula is C24H25N7O2. The molecule has 5 atom stereocenters. The molecule has 3 N–H and O–H groups in total. The normalized spacial score (nSPS) is 33.1. The number of nitriles is 1. The lowest BCUT2D eigenvalue weighted by atomic mass is 9.21. The Bertz CT molecular complexity index is 1350. The van der Waals surface area contributed by atoms with E-state index in [1.165, 1.54) is 19.0 Å². The first-order valence-electron chi connectivity index (χ1n) is 11.4. The molecule has 4 aliphatic rings. The van der Waals surface area contributed by atoms with Gasteiger partial charge in [0.1, 0.15) is 24.2 Å². The number of rotatable bonds is 5. The first kappa shape index (κ1) is 19.3. The van der Waals surface area contributed by atoms with Gasteiger partial charge in [-0.25, -0.2) is 9.50 Å². The van der Waals surface area contributed by atoms with Gasteiger partial charge >= 0.3 is 0 Å². The molecule has 1 spiro atoms. The van der Waals surface area contributed by atoms with Gasteiger partial charge < -0.3 is 20.5 Å². The maximum Gasteiger partial charge on any atom is 0.147 e. The van der Waals surface area contributed by atoms with E-state index in [4.69, 9.17) is 20.4 Å². The fraction of sp³-hybridized carbons (Fsp3) is 0.500. The van der Waals surface area contributed by atoms with Gasteiger partial charge in [0.05, 0.1) is 47.2 Å². The largest absolute Gasteiger partial charge is 0.489 e. The van der Waals surface area contributed by atoms with Gasteiger partial charge in [0, 0.05) is 28.6 Å². The average Bonchev–Trinajstić information content (AvgIpc) is 3.16. The van der Waals surface area contributed by atoms with Crippen molar-refractivity contribution in [3.05, 3.63) is 36.4 Å². The molecule has 3 saturated carbocycles. The Hall–Kier alpha value is -3.22. The third kappa shape index (κ3) is 2.20. The van der Waals surface area contributed by atoms with E-state index >= 15 is 0 Å². The fourth-order valence-corrected chi connectivity index (χ4v) is 7.15. The Morgan fingerprint density at radius 3 is 2.76 bits per heavy atom. The average molecular weight is 444 g/mol. The van der Waals surface area contributed by atoms with Gasteiger partial charge in [-0.15, -0.1) is 0 Å². The lowest BCUT2D eigenvalue weighted by molar-refractivity contribution is -0.317. The monoisotopic (exact) mass is 443 g/mol. The number of hydrogen-bond donors (Lipinski definition) is 2. The van der Waals surface area contributed by atoms with Gasteiger partial charge in [0.15, 0.2) is 0 Å². The molecule has 3 aromatic rings. The number of piperidine rings is 2. The first-order valence-corrected chi connectivity index (χ1v) is 11.4. The van der Waals surface area contributed by atoms with Crippen LogP contribution in [0.4, 0.5) is 5.82 Å². The molecule has 0 radical (unpaired) electrons. The summed E-state index contributed by atoms with van der Waals surface area (Å²) in [5, 5.41) is 23.9. The van der Waals surface area contributed by atoms with Gasteiger partial charge in [-0.2, -0.15) is 10.4 Å². The van der Waals surface area contributed by atoms with Crippen LogP contribution >= 0.6 is 0 Å². The van der Waals surface area contributed by atoms with Crippen LogP contribution in [0.25, 0.3) is 16.8 Å². The molecule has 0 aromatic carbocycles. The predicted octanol–water partition coefficient (Wildman–Crippen LogP) is 1.88. The summed E-state index contributed by atoms with van der Waals surface area (Å²) in [6, 6.07) is 5.03. The summed E-state index contributed by atoms with van der Waals surface area (Å²) in [6.45, 7) is 3.49. The van der Waals surface area contributed by atoms with Crippen LogP contribution in [0.1, 0.15) is 38.7 Å². The van der Waals surface area contributed by atoms with Gasteiger partial charge in [-0.05, 0) is 45.1 Å². The summed E-state index contributed by atoms with van der Waals surface area (Å²) < 4.78 is 7.41. The highest BCUT2D eigenvalue weighted by atomic mass is 16.5. The summed E-state index contributed by atoms with van der Waals surface area (Å²) in [7, 11) is 0. The van der Waals surface area contributed by atoms with Crippen LogP contribution < -0.4 is 15.4 Å². The predicted molar refractivity (Wildman–Crippen MR) is 119 cm³/mol. The van der Waals surface area contributed by atoms with Crippen molar-refractivity contribution >= 4 is 11.3 Å². The van der Waals surface area contributed by atoms with Crippen LogP contribution in [0.15, 0.2) is 30.9 Å². The molecule has 9 heteroatoms. The quantitative estimate of drug-likeness (QED) is 0.612.